The van der Waals surface area contributed by atoms with Gasteiger partial charge in [-0.25, -0.2) is 14.5 Å². The van der Waals surface area contributed by atoms with Gasteiger partial charge < -0.3 is 10.4 Å². The van der Waals surface area contributed by atoms with Crippen LogP contribution in [0.3, 0.4) is 0 Å². The first-order valence-corrected chi connectivity index (χ1v) is 8.11. The predicted molar refractivity (Wildman–Crippen MR) is 83.1 cm³/mol. The van der Waals surface area contributed by atoms with Gasteiger partial charge >= 0.3 is 12.1 Å². The highest BCUT2D eigenvalue weighted by Gasteiger charge is 2.54. The fraction of sp³-hybridized carbons (Fsp3) is 0.429. The van der Waals surface area contributed by atoms with E-state index in [1.165, 1.54) is 0 Å². The summed E-state index contributed by atoms with van der Waals surface area (Å²) in [6, 6.07) is 3.89. The summed E-state index contributed by atoms with van der Waals surface area (Å²) in [5.41, 5.74) is 1.11. The molecule has 2 N–H and O–H groups in total. The lowest BCUT2D eigenvalue weighted by molar-refractivity contribution is -0.192. The van der Waals surface area contributed by atoms with Gasteiger partial charge in [0.05, 0.1) is 11.9 Å². The molecule has 134 valence electrons. The number of carbonyl (C=O) groups is 1. The standard InChI is InChI=1S/C12H12BrN5.C2HF3O2/c13-7-1-2-11(15-3-7)18-6-10(16-17-18)12-8-4-14-5-9(8)12;3-2(4,5)1(6)7/h1-3,6,8-9,12,14H,4-5H2;(H,6,7)/t8-,9+,12?;. The van der Waals surface area contributed by atoms with Gasteiger partial charge in [0.15, 0.2) is 5.82 Å². The van der Waals surface area contributed by atoms with Crippen molar-refractivity contribution in [1.82, 2.24) is 25.3 Å². The van der Waals surface area contributed by atoms with Gasteiger partial charge in [0.2, 0.25) is 0 Å². The molecule has 1 saturated carbocycles. The maximum atomic E-state index is 10.6. The van der Waals surface area contributed by atoms with Crippen LogP contribution in [0.5, 0.6) is 0 Å². The van der Waals surface area contributed by atoms with E-state index in [-0.39, 0.29) is 0 Å². The Morgan fingerprint density at radius 3 is 2.48 bits per heavy atom. The highest BCUT2D eigenvalue weighted by atomic mass is 79.9. The third-order valence-corrected chi connectivity index (χ3v) is 4.60. The predicted octanol–water partition coefficient (Wildman–Crippen LogP) is 1.99. The molecule has 1 aliphatic heterocycles. The molecule has 0 aromatic carbocycles. The molecule has 1 unspecified atom stereocenters. The Kier molecular flexibility index (Phi) is 4.78. The zero-order valence-corrected chi connectivity index (χ0v) is 14.2. The first kappa shape index (κ1) is 17.8. The molecule has 1 aliphatic carbocycles. The summed E-state index contributed by atoms with van der Waals surface area (Å²) in [6.45, 7) is 2.25. The van der Waals surface area contributed by atoms with Crippen LogP contribution in [0.4, 0.5) is 13.2 Å². The number of halogens is 4. The zero-order valence-electron chi connectivity index (χ0n) is 12.6. The van der Waals surface area contributed by atoms with Crippen molar-refractivity contribution in [2.45, 2.75) is 12.1 Å². The average Bonchev–Trinajstić information content (AvgIpc) is 2.96. The number of pyridine rings is 1. The number of piperidine rings is 1. The second kappa shape index (κ2) is 6.71. The van der Waals surface area contributed by atoms with Crippen molar-refractivity contribution in [2.75, 3.05) is 13.1 Å². The van der Waals surface area contributed by atoms with Crippen molar-refractivity contribution in [3.8, 4) is 5.82 Å². The number of hydrogen-bond acceptors (Lipinski definition) is 5. The molecule has 7 nitrogen and oxygen atoms in total. The maximum absolute atomic E-state index is 10.6. The number of nitrogens with one attached hydrogen (secondary N) is 1. The van der Waals surface area contributed by atoms with E-state index < -0.39 is 12.1 Å². The Morgan fingerprint density at radius 1 is 1.32 bits per heavy atom. The van der Waals surface area contributed by atoms with E-state index in [1.54, 1.807) is 10.9 Å². The third-order valence-electron chi connectivity index (χ3n) is 4.13. The summed E-state index contributed by atoms with van der Waals surface area (Å²) in [5.74, 6) is 0.199. The van der Waals surface area contributed by atoms with Crippen molar-refractivity contribution in [3.05, 3.63) is 34.7 Å². The number of aliphatic carboxylic acids is 1. The number of carboxylic acids is 1. The maximum Gasteiger partial charge on any atom is 0.490 e. The van der Waals surface area contributed by atoms with Crippen molar-refractivity contribution in [2.24, 2.45) is 11.8 Å². The lowest BCUT2D eigenvalue weighted by Gasteiger charge is -1.99. The van der Waals surface area contributed by atoms with E-state index in [9.17, 15) is 13.2 Å². The van der Waals surface area contributed by atoms with Gasteiger partial charge in [-0.05, 0) is 53.0 Å². The summed E-state index contributed by atoms with van der Waals surface area (Å²) >= 11 is 3.37. The largest absolute Gasteiger partial charge is 0.490 e. The van der Waals surface area contributed by atoms with E-state index in [1.807, 2.05) is 18.3 Å². The monoisotopic (exact) mass is 419 g/mol. The van der Waals surface area contributed by atoms with E-state index in [0.29, 0.717) is 5.92 Å². The number of alkyl halides is 3. The van der Waals surface area contributed by atoms with Gasteiger partial charge in [-0.3, -0.25) is 0 Å². The molecule has 0 amide bonds. The molecule has 0 bridgehead atoms. The number of hydrogen-bond donors (Lipinski definition) is 2. The van der Waals surface area contributed by atoms with Crippen LogP contribution >= 0.6 is 15.9 Å². The van der Waals surface area contributed by atoms with E-state index in [0.717, 1.165) is 40.9 Å². The lowest BCUT2D eigenvalue weighted by Crippen LogP contribution is -2.21. The van der Waals surface area contributed by atoms with Gasteiger partial charge in [0.25, 0.3) is 0 Å². The van der Waals surface area contributed by atoms with E-state index in [4.69, 9.17) is 9.90 Å². The molecule has 0 spiro atoms. The Balaban J connectivity index is 0.000000225. The summed E-state index contributed by atoms with van der Waals surface area (Å²) < 4.78 is 34.5. The fourth-order valence-electron chi connectivity index (χ4n) is 2.90. The molecule has 2 aliphatic rings. The Hall–Kier alpha value is -2.01. The van der Waals surface area contributed by atoms with Crippen LogP contribution < -0.4 is 5.32 Å². The fourth-order valence-corrected chi connectivity index (χ4v) is 3.14. The average molecular weight is 420 g/mol. The van der Waals surface area contributed by atoms with Gasteiger partial charge in [-0.2, -0.15) is 13.2 Å². The number of fused-ring (bicyclic) bond motifs is 1. The first-order valence-electron chi connectivity index (χ1n) is 7.32. The zero-order chi connectivity index (χ0) is 18.2. The molecule has 0 radical (unpaired) electrons. The molecule has 3 heterocycles. The molecule has 25 heavy (non-hydrogen) atoms. The van der Waals surface area contributed by atoms with Crippen LogP contribution in [0.25, 0.3) is 5.82 Å². The van der Waals surface area contributed by atoms with E-state index in [2.05, 4.69) is 36.5 Å². The molecule has 11 heteroatoms. The second-order valence-corrected chi connectivity index (χ2v) is 6.65. The van der Waals surface area contributed by atoms with Crippen LogP contribution in [0.2, 0.25) is 0 Å². The van der Waals surface area contributed by atoms with Crippen molar-refractivity contribution in [1.29, 1.82) is 0 Å². The summed E-state index contributed by atoms with van der Waals surface area (Å²) in [4.78, 5) is 13.2. The highest BCUT2D eigenvalue weighted by Crippen LogP contribution is 2.55. The Morgan fingerprint density at radius 2 is 1.96 bits per heavy atom. The summed E-state index contributed by atoms with van der Waals surface area (Å²) in [6.07, 6.45) is -1.30. The van der Waals surface area contributed by atoms with Gasteiger partial charge in [-0.1, -0.05) is 5.21 Å². The Bertz CT molecular complexity index is 755. The first-order chi connectivity index (χ1) is 11.8. The van der Waals surface area contributed by atoms with Crippen LogP contribution in [0.15, 0.2) is 29.0 Å². The van der Waals surface area contributed by atoms with Crippen LogP contribution in [0, 0.1) is 11.8 Å². The molecule has 2 aromatic rings. The second-order valence-electron chi connectivity index (χ2n) is 5.74. The smallest absolute Gasteiger partial charge is 0.475 e. The SMILES string of the molecule is Brc1ccc(-n2cc(C3[C@H]4CNC[C@@H]34)nn2)nc1.O=C(O)C(F)(F)F. The van der Waals surface area contributed by atoms with Gasteiger partial charge in [-0.15, -0.1) is 5.10 Å². The minimum atomic E-state index is -5.08. The van der Waals surface area contributed by atoms with Gasteiger partial charge in [0.1, 0.15) is 0 Å². The number of nitrogens with zero attached hydrogens (tertiary/aromatic N) is 4. The molecule has 2 fully saturated rings. The van der Waals surface area contributed by atoms with Crippen LogP contribution in [0.1, 0.15) is 11.6 Å². The number of aromatic nitrogens is 4. The van der Waals surface area contributed by atoms with Crippen LogP contribution in [-0.2, 0) is 4.79 Å². The minimum Gasteiger partial charge on any atom is -0.475 e. The summed E-state index contributed by atoms with van der Waals surface area (Å²) in [7, 11) is 0. The number of rotatable bonds is 2. The molecule has 3 atom stereocenters. The van der Waals surface area contributed by atoms with Gasteiger partial charge in [0, 0.05) is 16.6 Å². The third kappa shape index (κ3) is 3.98. The molecular formula is C14H13BrF3N5O2. The van der Waals surface area contributed by atoms with Crippen molar-refractivity contribution in [3.63, 3.8) is 0 Å². The highest BCUT2D eigenvalue weighted by molar-refractivity contribution is 9.10. The van der Waals surface area contributed by atoms with Crippen molar-refractivity contribution < 1.29 is 23.1 Å². The molecule has 1 saturated heterocycles. The minimum absolute atomic E-state index is 0.607. The van der Waals surface area contributed by atoms with E-state index >= 15 is 0 Å². The molecule has 4 rings (SSSR count). The lowest BCUT2D eigenvalue weighted by atomic mass is 10.2. The topological polar surface area (TPSA) is 92.9 Å². The molecular weight excluding hydrogens is 407 g/mol. The quantitative estimate of drug-likeness (QED) is 0.772. The van der Waals surface area contributed by atoms with Crippen molar-refractivity contribution >= 4 is 21.9 Å². The van der Waals surface area contributed by atoms with Crippen LogP contribution in [-0.4, -0.2) is 50.3 Å². The molecule has 2 aromatic heterocycles. The number of carboxylic acid groups (broad SMARTS) is 1. The summed E-state index contributed by atoms with van der Waals surface area (Å²) in [5, 5.41) is 19.0. The Labute approximate surface area is 148 Å². The normalized spacial score (nSPS) is 24.2.